The molecule has 2 aromatic rings. The molecule has 1 fully saturated rings. The van der Waals surface area contributed by atoms with Gasteiger partial charge in [0.1, 0.15) is 5.69 Å². The predicted octanol–water partition coefficient (Wildman–Crippen LogP) is 4.23. The number of nitrogens with zero attached hydrogens (tertiary/aromatic N) is 2. The zero-order valence-electron chi connectivity index (χ0n) is 15.4. The fourth-order valence-corrected chi connectivity index (χ4v) is 3.52. The zero-order valence-corrected chi connectivity index (χ0v) is 15.4. The van der Waals surface area contributed by atoms with Crippen LogP contribution in [0.2, 0.25) is 0 Å². The molecule has 28 heavy (non-hydrogen) atoms. The zero-order chi connectivity index (χ0) is 20.3. The van der Waals surface area contributed by atoms with Crippen molar-refractivity contribution in [1.82, 2.24) is 9.88 Å². The number of hydrogen-bond donors (Lipinski definition) is 1. The summed E-state index contributed by atoms with van der Waals surface area (Å²) in [7, 11) is 0. The van der Waals surface area contributed by atoms with Gasteiger partial charge in [0.2, 0.25) is 17.5 Å². The molecule has 1 N–H and O–H groups in total. The predicted molar refractivity (Wildman–Crippen MR) is 96.8 cm³/mol. The lowest BCUT2D eigenvalue weighted by Gasteiger charge is -2.35. The number of carbonyl (C=O) groups excluding carboxylic acids is 1. The van der Waals surface area contributed by atoms with Gasteiger partial charge >= 0.3 is 0 Å². The Labute approximate surface area is 160 Å². The SMILES string of the molecule is CCC(C(=O)N1CCC(Nc2c(F)c(F)nc(F)c2F)CC1)c1ccccc1. The third-order valence-electron chi connectivity index (χ3n) is 5.06. The second-order valence-electron chi connectivity index (χ2n) is 6.81. The van der Waals surface area contributed by atoms with E-state index in [-0.39, 0.29) is 11.8 Å². The first-order valence-corrected chi connectivity index (χ1v) is 9.22. The Bertz CT molecular complexity index is 813. The van der Waals surface area contributed by atoms with Gasteiger partial charge in [-0.15, -0.1) is 0 Å². The van der Waals surface area contributed by atoms with Crippen LogP contribution in [0.5, 0.6) is 0 Å². The maximum atomic E-state index is 13.8. The maximum absolute atomic E-state index is 13.8. The van der Waals surface area contributed by atoms with Crippen molar-refractivity contribution in [3.63, 3.8) is 0 Å². The molecule has 4 nitrogen and oxygen atoms in total. The third-order valence-corrected chi connectivity index (χ3v) is 5.06. The lowest BCUT2D eigenvalue weighted by atomic mass is 9.93. The molecule has 8 heteroatoms. The van der Waals surface area contributed by atoms with Crippen LogP contribution < -0.4 is 5.32 Å². The highest BCUT2D eigenvalue weighted by Gasteiger charge is 2.30. The van der Waals surface area contributed by atoms with E-state index in [1.165, 1.54) is 0 Å². The van der Waals surface area contributed by atoms with Gasteiger partial charge in [-0.3, -0.25) is 4.79 Å². The normalized spacial score (nSPS) is 16.1. The van der Waals surface area contributed by atoms with Crippen LogP contribution in [0.1, 0.15) is 37.7 Å². The molecule has 0 aliphatic carbocycles. The molecule has 0 spiro atoms. The number of aromatic nitrogens is 1. The van der Waals surface area contributed by atoms with Gasteiger partial charge in [-0.25, -0.2) is 0 Å². The molecule has 1 saturated heterocycles. The summed E-state index contributed by atoms with van der Waals surface area (Å²) in [6.45, 7) is 2.72. The van der Waals surface area contributed by atoms with Crippen LogP contribution in [0.4, 0.5) is 23.2 Å². The average Bonchev–Trinajstić information content (AvgIpc) is 2.71. The summed E-state index contributed by atoms with van der Waals surface area (Å²) in [6.07, 6.45) is 1.47. The minimum absolute atomic E-state index is 0.00510. The number of nitrogens with one attached hydrogen (secondary N) is 1. The van der Waals surface area contributed by atoms with Crippen molar-refractivity contribution >= 4 is 11.6 Å². The minimum Gasteiger partial charge on any atom is -0.377 e. The summed E-state index contributed by atoms with van der Waals surface area (Å²) in [6, 6.07) is 9.08. The molecule has 0 bridgehead atoms. The summed E-state index contributed by atoms with van der Waals surface area (Å²) in [5.74, 6) is -6.72. The van der Waals surface area contributed by atoms with E-state index < -0.39 is 35.3 Å². The molecule has 3 rings (SSSR count). The van der Waals surface area contributed by atoms with Crippen molar-refractivity contribution in [2.24, 2.45) is 0 Å². The summed E-state index contributed by atoms with van der Waals surface area (Å²) < 4.78 is 54.0. The number of carbonyl (C=O) groups is 1. The second-order valence-corrected chi connectivity index (χ2v) is 6.81. The van der Waals surface area contributed by atoms with Crippen LogP contribution in [0.15, 0.2) is 30.3 Å². The number of benzene rings is 1. The lowest BCUT2D eigenvalue weighted by Crippen LogP contribution is -2.44. The highest BCUT2D eigenvalue weighted by molar-refractivity contribution is 5.83. The van der Waals surface area contributed by atoms with Gasteiger partial charge in [-0.1, -0.05) is 37.3 Å². The highest BCUT2D eigenvalue weighted by atomic mass is 19.2. The van der Waals surface area contributed by atoms with E-state index in [1.807, 2.05) is 37.3 Å². The standard InChI is InChI=1S/C20H21F4N3O/c1-2-14(12-6-4-3-5-7-12)20(28)27-10-8-13(9-11-27)25-17-15(21)18(23)26-19(24)16(17)22/h3-7,13-14H,2,8-11H2,1H3,(H,25,26). The van der Waals surface area contributed by atoms with Gasteiger partial charge in [0.15, 0.2) is 0 Å². The van der Waals surface area contributed by atoms with E-state index in [1.54, 1.807) is 4.90 Å². The van der Waals surface area contributed by atoms with Gasteiger partial charge in [0.25, 0.3) is 11.9 Å². The van der Waals surface area contributed by atoms with Crippen LogP contribution in [-0.2, 0) is 4.79 Å². The first kappa shape index (κ1) is 20.1. The molecule has 1 amide bonds. The smallest absolute Gasteiger partial charge is 0.253 e. The minimum atomic E-state index is -1.69. The number of piperidine rings is 1. The van der Waals surface area contributed by atoms with E-state index in [2.05, 4.69) is 10.3 Å². The van der Waals surface area contributed by atoms with Gasteiger partial charge in [0.05, 0.1) is 5.92 Å². The van der Waals surface area contributed by atoms with Gasteiger partial charge in [0, 0.05) is 19.1 Å². The number of anilines is 1. The van der Waals surface area contributed by atoms with Gasteiger partial charge in [-0.2, -0.15) is 22.5 Å². The second kappa shape index (κ2) is 8.58. The van der Waals surface area contributed by atoms with Crippen LogP contribution in [0.25, 0.3) is 0 Å². The summed E-state index contributed by atoms with van der Waals surface area (Å²) in [4.78, 5) is 17.1. The largest absolute Gasteiger partial charge is 0.377 e. The Morgan fingerprint density at radius 2 is 1.68 bits per heavy atom. The van der Waals surface area contributed by atoms with Crippen molar-refractivity contribution in [3.05, 3.63) is 59.4 Å². The van der Waals surface area contributed by atoms with Gasteiger partial charge in [-0.05, 0) is 24.8 Å². The Morgan fingerprint density at radius 3 is 2.21 bits per heavy atom. The van der Waals surface area contributed by atoms with Crippen LogP contribution in [0, 0.1) is 23.5 Å². The summed E-state index contributed by atoms with van der Waals surface area (Å²) in [5, 5.41) is 2.53. The molecule has 150 valence electrons. The van der Waals surface area contributed by atoms with E-state index in [0.29, 0.717) is 32.4 Å². The molecular formula is C20H21F4N3O. The first-order chi connectivity index (χ1) is 13.4. The lowest BCUT2D eigenvalue weighted by molar-refractivity contribution is -0.133. The van der Waals surface area contributed by atoms with Crippen LogP contribution >= 0.6 is 0 Å². The van der Waals surface area contributed by atoms with Crippen molar-refractivity contribution in [3.8, 4) is 0 Å². The summed E-state index contributed by atoms with van der Waals surface area (Å²) in [5.41, 5.74) is 0.0904. The molecule has 0 saturated carbocycles. The molecule has 1 unspecified atom stereocenters. The van der Waals surface area contributed by atoms with Crippen molar-refractivity contribution in [2.75, 3.05) is 18.4 Å². The maximum Gasteiger partial charge on any atom is 0.253 e. The number of pyridine rings is 1. The van der Waals surface area contributed by atoms with Crippen LogP contribution in [-0.4, -0.2) is 34.9 Å². The Kier molecular flexibility index (Phi) is 6.16. The average molecular weight is 395 g/mol. The molecule has 1 aliphatic heterocycles. The summed E-state index contributed by atoms with van der Waals surface area (Å²) >= 11 is 0. The molecule has 0 radical (unpaired) electrons. The first-order valence-electron chi connectivity index (χ1n) is 9.22. The third kappa shape index (κ3) is 4.10. The monoisotopic (exact) mass is 395 g/mol. The Hall–Kier alpha value is -2.64. The van der Waals surface area contributed by atoms with Crippen LogP contribution in [0.3, 0.4) is 0 Å². The molecule has 1 aromatic heterocycles. The quantitative estimate of drug-likeness (QED) is 0.609. The molecule has 1 aliphatic rings. The topological polar surface area (TPSA) is 45.2 Å². The molecule has 2 heterocycles. The van der Waals surface area contributed by atoms with E-state index >= 15 is 0 Å². The molecule has 1 aromatic carbocycles. The van der Waals surface area contributed by atoms with Crippen molar-refractivity contribution in [2.45, 2.75) is 38.1 Å². The molecular weight excluding hydrogens is 374 g/mol. The van der Waals surface area contributed by atoms with Gasteiger partial charge < -0.3 is 10.2 Å². The fourth-order valence-electron chi connectivity index (χ4n) is 3.52. The van der Waals surface area contributed by atoms with Crippen molar-refractivity contribution < 1.29 is 22.4 Å². The Balaban J connectivity index is 1.64. The fraction of sp³-hybridized carbons (Fsp3) is 0.400. The number of halogens is 4. The number of rotatable bonds is 5. The van der Waals surface area contributed by atoms with E-state index in [4.69, 9.17) is 0 Å². The Morgan fingerprint density at radius 1 is 1.11 bits per heavy atom. The highest BCUT2D eigenvalue weighted by Crippen LogP contribution is 2.27. The number of amides is 1. The van der Waals surface area contributed by atoms with Crippen molar-refractivity contribution in [1.29, 1.82) is 0 Å². The van der Waals surface area contributed by atoms with E-state index in [9.17, 15) is 22.4 Å². The number of hydrogen-bond acceptors (Lipinski definition) is 3. The van der Waals surface area contributed by atoms with E-state index in [0.717, 1.165) is 5.56 Å². The molecule has 1 atom stereocenters. The number of likely N-dealkylation sites (tertiary alicyclic amines) is 1.